The summed E-state index contributed by atoms with van der Waals surface area (Å²) < 4.78 is 5.63. The van der Waals surface area contributed by atoms with Gasteiger partial charge in [0.15, 0.2) is 0 Å². The van der Waals surface area contributed by atoms with Gasteiger partial charge in [0.1, 0.15) is 5.58 Å². The molecule has 3 rings (SSSR count). The van der Waals surface area contributed by atoms with Crippen LogP contribution in [0.4, 0.5) is 0 Å². The number of rotatable bonds is 2. The van der Waals surface area contributed by atoms with Gasteiger partial charge in [0.25, 0.3) is 0 Å². The van der Waals surface area contributed by atoms with Crippen molar-refractivity contribution < 1.29 is 4.42 Å². The number of hydrogen-bond donors (Lipinski definition) is 0. The van der Waals surface area contributed by atoms with Crippen molar-refractivity contribution in [3.63, 3.8) is 0 Å². The Morgan fingerprint density at radius 1 is 1.00 bits per heavy atom. The molecule has 2 heteroatoms. The second-order valence-corrected chi connectivity index (χ2v) is 5.47. The van der Waals surface area contributed by atoms with Crippen LogP contribution in [0.1, 0.15) is 25.3 Å². The first-order valence-corrected chi connectivity index (χ1v) is 6.80. The fraction of sp³-hybridized carbons (Fsp3) is 0.176. The van der Waals surface area contributed by atoms with E-state index in [-0.39, 0.29) is 0 Å². The van der Waals surface area contributed by atoms with Gasteiger partial charge < -0.3 is 4.42 Å². The Kier molecular flexibility index (Phi) is 3.08. The minimum atomic E-state index is 0.445. The first kappa shape index (κ1) is 12.3. The molecule has 0 aliphatic rings. The van der Waals surface area contributed by atoms with Gasteiger partial charge in [-0.2, -0.15) is 0 Å². The van der Waals surface area contributed by atoms with Crippen molar-refractivity contribution in [2.75, 3.05) is 0 Å². The summed E-state index contributed by atoms with van der Waals surface area (Å²) in [6, 6.07) is 14.1. The molecule has 0 unspecified atom stereocenters. The zero-order valence-electron chi connectivity index (χ0n) is 11.0. The van der Waals surface area contributed by atoms with Gasteiger partial charge in [-0.05, 0) is 35.2 Å². The topological polar surface area (TPSA) is 13.1 Å². The fourth-order valence-electron chi connectivity index (χ4n) is 2.45. The van der Waals surface area contributed by atoms with Crippen LogP contribution in [-0.2, 0) is 0 Å². The highest BCUT2D eigenvalue weighted by Gasteiger charge is 2.14. The van der Waals surface area contributed by atoms with Gasteiger partial charge in [-0.3, -0.25) is 0 Å². The molecular formula is C17H15ClO. The normalized spacial score (nSPS) is 11.4. The molecule has 1 nitrogen and oxygen atoms in total. The van der Waals surface area contributed by atoms with Gasteiger partial charge in [0.2, 0.25) is 0 Å². The summed E-state index contributed by atoms with van der Waals surface area (Å²) >= 11 is 6.16. The third-order valence-electron chi connectivity index (χ3n) is 3.41. The van der Waals surface area contributed by atoms with E-state index < -0.39 is 0 Å². The SMILES string of the molecule is CC(C)c1ccc(Cl)cc1-c1coc2ccccc12. The molecule has 0 aliphatic carbocycles. The number of para-hydroxylation sites is 1. The molecule has 0 radical (unpaired) electrons. The van der Waals surface area contributed by atoms with Crippen molar-refractivity contribution >= 4 is 22.6 Å². The zero-order chi connectivity index (χ0) is 13.4. The van der Waals surface area contributed by atoms with Crippen molar-refractivity contribution in [2.24, 2.45) is 0 Å². The molecule has 0 amide bonds. The highest BCUT2D eigenvalue weighted by Crippen LogP contribution is 2.36. The Morgan fingerprint density at radius 3 is 2.58 bits per heavy atom. The smallest absolute Gasteiger partial charge is 0.134 e. The Hall–Kier alpha value is -1.73. The lowest BCUT2D eigenvalue weighted by molar-refractivity contribution is 0.617. The van der Waals surface area contributed by atoms with E-state index in [9.17, 15) is 0 Å². The van der Waals surface area contributed by atoms with Crippen LogP contribution in [0.25, 0.3) is 22.1 Å². The van der Waals surface area contributed by atoms with Gasteiger partial charge in [-0.15, -0.1) is 0 Å². The monoisotopic (exact) mass is 270 g/mol. The third-order valence-corrected chi connectivity index (χ3v) is 3.64. The second-order valence-electron chi connectivity index (χ2n) is 5.03. The summed E-state index contributed by atoms with van der Waals surface area (Å²) in [5.41, 5.74) is 4.47. The standard InChI is InChI=1S/C17H15ClO/c1-11(2)13-8-7-12(18)9-15(13)16-10-19-17-6-4-3-5-14(16)17/h3-11H,1-2H3. The molecule has 3 aromatic rings. The van der Waals surface area contributed by atoms with E-state index in [0.29, 0.717) is 5.92 Å². The number of benzene rings is 2. The first-order valence-electron chi connectivity index (χ1n) is 6.43. The van der Waals surface area contributed by atoms with Gasteiger partial charge in [-0.25, -0.2) is 0 Å². The molecule has 1 heterocycles. The first-order chi connectivity index (χ1) is 9.16. The van der Waals surface area contributed by atoms with Gasteiger partial charge >= 0.3 is 0 Å². The molecule has 96 valence electrons. The zero-order valence-corrected chi connectivity index (χ0v) is 11.7. The third kappa shape index (κ3) is 2.15. The van der Waals surface area contributed by atoms with E-state index in [2.05, 4.69) is 26.0 Å². The molecule has 0 saturated heterocycles. The number of furan rings is 1. The molecule has 0 aliphatic heterocycles. The number of fused-ring (bicyclic) bond motifs is 1. The Morgan fingerprint density at radius 2 is 1.79 bits per heavy atom. The van der Waals surface area contributed by atoms with E-state index in [0.717, 1.165) is 27.1 Å². The minimum absolute atomic E-state index is 0.445. The molecule has 0 saturated carbocycles. The van der Waals surface area contributed by atoms with Crippen LogP contribution in [0, 0.1) is 0 Å². The van der Waals surface area contributed by atoms with Crippen molar-refractivity contribution in [1.29, 1.82) is 0 Å². The summed E-state index contributed by atoms with van der Waals surface area (Å²) in [6.45, 7) is 4.38. The van der Waals surface area contributed by atoms with E-state index in [1.165, 1.54) is 5.56 Å². The molecule has 2 aromatic carbocycles. The van der Waals surface area contributed by atoms with Gasteiger partial charge in [0, 0.05) is 16.0 Å². The predicted molar refractivity (Wildman–Crippen MR) is 80.7 cm³/mol. The van der Waals surface area contributed by atoms with Crippen molar-refractivity contribution in [3.8, 4) is 11.1 Å². The number of hydrogen-bond acceptors (Lipinski definition) is 1. The molecule has 0 fully saturated rings. The fourth-order valence-corrected chi connectivity index (χ4v) is 2.62. The lowest BCUT2D eigenvalue weighted by Gasteiger charge is -2.12. The Labute approximate surface area is 117 Å². The molecule has 0 atom stereocenters. The molecule has 0 N–H and O–H groups in total. The maximum absolute atomic E-state index is 6.16. The van der Waals surface area contributed by atoms with Crippen LogP contribution in [0.2, 0.25) is 5.02 Å². The van der Waals surface area contributed by atoms with E-state index in [4.69, 9.17) is 16.0 Å². The van der Waals surface area contributed by atoms with Gasteiger partial charge in [-0.1, -0.05) is 49.7 Å². The van der Waals surface area contributed by atoms with Crippen molar-refractivity contribution in [3.05, 3.63) is 59.3 Å². The summed E-state index contributed by atoms with van der Waals surface area (Å²) in [5, 5.41) is 1.89. The van der Waals surface area contributed by atoms with Crippen LogP contribution in [0.5, 0.6) is 0 Å². The summed E-state index contributed by atoms with van der Waals surface area (Å²) in [7, 11) is 0. The lowest BCUT2D eigenvalue weighted by Crippen LogP contribution is -1.91. The van der Waals surface area contributed by atoms with Crippen LogP contribution < -0.4 is 0 Å². The summed E-state index contributed by atoms with van der Waals surface area (Å²) in [5.74, 6) is 0.445. The highest BCUT2D eigenvalue weighted by atomic mass is 35.5. The van der Waals surface area contributed by atoms with Crippen molar-refractivity contribution in [2.45, 2.75) is 19.8 Å². The lowest BCUT2D eigenvalue weighted by atomic mass is 9.92. The van der Waals surface area contributed by atoms with Crippen LogP contribution in [0.15, 0.2) is 53.1 Å². The predicted octanol–water partition coefficient (Wildman–Crippen LogP) is 5.88. The molecule has 1 aromatic heterocycles. The Bertz CT molecular complexity index is 725. The quantitative estimate of drug-likeness (QED) is 0.567. The van der Waals surface area contributed by atoms with Crippen molar-refractivity contribution in [1.82, 2.24) is 0 Å². The maximum atomic E-state index is 6.16. The van der Waals surface area contributed by atoms with E-state index >= 15 is 0 Å². The highest BCUT2D eigenvalue weighted by molar-refractivity contribution is 6.31. The second kappa shape index (κ2) is 4.75. The van der Waals surface area contributed by atoms with Gasteiger partial charge in [0.05, 0.1) is 6.26 Å². The minimum Gasteiger partial charge on any atom is -0.464 e. The van der Waals surface area contributed by atoms with E-state index in [1.54, 1.807) is 0 Å². The average Bonchev–Trinajstić information content (AvgIpc) is 2.82. The molecule has 0 bridgehead atoms. The van der Waals surface area contributed by atoms with Crippen LogP contribution >= 0.6 is 11.6 Å². The molecule has 19 heavy (non-hydrogen) atoms. The number of halogens is 1. The van der Waals surface area contributed by atoms with Crippen LogP contribution in [0.3, 0.4) is 0 Å². The largest absolute Gasteiger partial charge is 0.464 e. The maximum Gasteiger partial charge on any atom is 0.134 e. The molecular weight excluding hydrogens is 256 g/mol. The van der Waals surface area contributed by atoms with Crippen LogP contribution in [-0.4, -0.2) is 0 Å². The average molecular weight is 271 g/mol. The molecule has 0 spiro atoms. The van der Waals surface area contributed by atoms with E-state index in [1.807, 2.05) is 36.6 Å². The Balaban J connectivity index is 2.29. The summed E-state index contributed by atoms with van der Waals surface area (Å²) in [4.78, 5) is 0. The summed E-state index contributed by atoms with van der Waals surface area (Å²) in [6.07, 6.45) is 1.82.